The fourth-order valence-electron chi connectivity index (χ4n) is 2.82. The molecule has 0 aliphatic carbocycles. The number of carbonyl (C=O) groups excluding carboxylic acids is 1. The predicted octanol–water partition coefficient (Wildman–Crippen LogP) is 6.62. The fraction of sp³-hybridized carbons (Fsp3) is 0.318. The minimum absolute atomic E-state index is 0. The number of furan rings is 1. The normalized spacial score (nSPS) is 10.1. The zero-order valence-corrected chi connectivity index (χ0v) is 22.1. The number of ketones is 1. The molecule has 3 aromatic rings. The number of benzene rings is 2. The highest BCUT2D eigenvalue weighted by molar-refractivity contribution is 14.1. The standard InChI is InChI=1S/C18H14I2O3.C4H11N.ClH/c1-3-22-18-13(19)8-11(9-14(18)20)17(21)16-10(2)23-15-7-5-4-6-12(15)16;1-3-5-4-2;/h4-9H,3H2,1-2H3;5H,3-4H2,1-2H3;1H. The Morgan fingerprint density at radius 3 is 2.17 bits per heavy atom. The van der Waals surface area contributed by atoms with Crippen LogP contribution in [0.4, 0.5) is 0 Å². The summed E-state index contributed by atoms with van der Waals surface area (Å²) in [5.41, 5.74) is 2.02. The van der Waals surface area contributed by atoms with E-state index in [2.05, 4.69) is 64.3 Å². The Balaban J connectivity index is 0.000000628. The van der Waals surface area contributed by atoms with Gasteiger partial charge in [0.1, 0.15) is 17.1 Å². The third kappa shape index (κ3) is 6.57. The Labute approximate surface area is 205 Å². The number of aryl methyl sites for hydroxylation is 1. The molecule has 0 fully saturated rings. The first kappa shape index (κ1) is 26.2. The van der Waals surface area contributed by atoms with E-state index >= 15 is 0 Å². The van der Waals surface area contributed by atoms with Crippen molar-refractivity contribution in [2.75, 3.05) is 19.7 Å². The van der Waals surface area contributed by atoms with Crippen molar-refractivity contribution >= 4 is 74.3 Å². The maximum atomic E-state index is 13.0. The summed E-state index contributed by atoms with van der Waals surface area (Å²) in [5.74, 6) is 1.46. The molecule has 29 heavy (non-hydrogen) atoms. The van der Waals surface area contributed by atoms with Crippen LogP contribution in [0, 0.1) is 14.1 Å². The summed E-state index contributed by atoms with van der Waals surface area (Å²) in [7, 11) is 0. The van der Waals surface area contributed by atoms with Gasteiger partial charge in [-0.05, 0) is 90.3 Å². The van der Waals surface area contributed by atoms with Gasteiger partial charge >= 0.3 is 0 Å². The van der Waals surface area contributed by atoms with Gasteiger partial charge < -0.3 is 14.5 Å². The molecule has 0 unspecified atom stereocenters. The average molecular weight is 642 g/mol. The Morgan fingerprint density at radius 2 is 1.66 bits per heavy atom. The van der Waals surface area contributed by atoms with Crippen LogP contribution in [-0.2, 0) is 0 Å². The fourth-order valence-corrected chi connectivity index (χ4v) is 4.90. The van der Waals surface area contributed by atoms with Gasteiger partial charge in [-0.25, -0.2) is 0 Å². The number of hydrogen-bond donors (Lipinski definition) is 1. The first-order chi connectivity index (χ1) is 13.4. The van der Waals surface area contributed by atoms with Crippen LogP contribution in [-0.4, -0.2) is 25.5 Å². The number of halogens is 3. The quantitative estimate of drug-likeness (QED) is 0.243. The average Bonchev–Trinajstić information content (AvgIpc) is 3.00. The van der Waals surface area contributed by atoms with Crippen molar-refractivity contribution in [1.29, 1.82) is 0 Å². The molecule has 0 amide bonds. The van der Waals surface area contributed by atoms with Crippen LogP contribution in [0.1, 0.15) is 42.5 Å². The highest BCUT2D eigenvalue weighted by Crippen LogP contribution is 2.32. The Hall–Kier alpha value is -0.840. The summed E-state index contributed by atoms with van der Waals surface area (Å²) in [6.45, 7) is 10.8. The van der Waals surface area contributed by atoms with Gasteiger partial charge in [0, 0.05) is 10.9 Å². The second kappa shape index (κ2) is 12.8. The first-order valence-electron chi connectivity index (χ1n) is 9.29. The molecule has 3 rings (SSSR count). The van der Waals surface area contributed by atoms with Crippen LogP contribution in [0.25, 0.3) is 11.0 Å². The van der Waals surface area contributed by atoms with Crippen LogP contribution >= 0.6 is 57.6 Å². The lowest BCUT2D eigenvalue weighted by atomic mass is 10.0. The molecule has 4 nitrogen and oxygen atoms in total. The highest BCUT2D eigenvalue weighted by atomic mass is 127. The topological polar surface area (TPSA) is 51.5 Å². The van der Waals surface area contributed by atoms with Crippen molar-refractivity contribution in [3.63, 3.8) is 0 Å². The lowest BCUT2D eigenvalue weighted by Crippen LogP contribution is -2.09. The molecular weight excluding hydrogens is 616 g/mol. The van der Waals surface area contributed by atoms with Crippen molar-refractivity contribution in [3.8, 4) is 5.75 Å². The maximum Gasteiger partial charge on any atom is 0.197 e. The molecule has 0 radical (unpaired) electrons. The summed E-state index contributed by atoms with van der Waals surface area (Å²) in [4.78, 5) is 13.0. The molecule has 0 atom stereocenters. The van der Waals surface area contributed by atoms with Crippen LogP contribution < -0.4 is 10.1 Å². The van der Waals surface area contributed by atoms with Gasteiger partial charge in [-0.15, -0.1) is 12.4 Å². The van der Waals surface area contributed by atoms with Gasteiger partial charge in [-0.3, -0.25) is 4.79 Å². The number of nitrogens with one attached hydrogen (secondary N) is 1. The van der Waals surface area contributed by atoms with Crippen molar-refractivity contribution in [3.05, 3.63) is 60.4 Å². The zero-order chi connectivity index (χ0) is 20.7. The largest absolute Gasteiger partial charge is 0.492 e. The van der Waals surface area contributed by atoms with Crippen molar-refractivity contribution in [1.82, 2.24) is 5.32 Å². The third-order valence-electron chi connectivity index (χ3n) is 4.05. The summed E-state index contributed by atoms with van der Waals surface area (Å²) in [5, 5.41) is 3.97. The minimum atomic E-state index is -0.0219. The van der Waals surface area contributed by atoms with Crippen molar-refractivity contribution in [2.45, 2.75) is 27.7 Å². The third-order valence-corrected chi connectivity index (χ3v) is 5.65. The summed E-state index contributed by atoms with van der Waals surface area (Å²) in [6, 6.07) is 11.4. The first-order valence-corrected chi connectivity index (χ1v) is 11.5. The molecule has 0 spiro atoms. The van der Waals surface area contributed by atoms with E-state index in [-0.39, 0.29) is 18.2 Å². The number of para-hydroxylation sites is 1. The molecule has 2 aromatic carbocycles. The molecular formula is C22H26ClI2NO3. The summed E-state index contributed by atoms with van der Waals surface area (Å²) >= 11 is 4.41. The SMILES string of the molecule is CCNCC.CCOc1c(I)cc(C(=O)c2c(C)oc3ccccc23)cc1I.Cl. The van der Waals surface area contributed by atoms with Gasteiger partial charge in [0.25, 0.3) is 0 Å². The number of hydrogen-bond acceptors (Lipinski definition) is 4. The van der Waals surface area contributed by atoms with E-state index in [1.807, 2.05) is 50.2 Å². The van der Waals surface area contributed by atoms with Gasteiger partial charge in [0.2, 0.25) is 0 Å². The maximum absolute atomic E-state index is 13.0. The number of ether oxygens (including phenoxy) is 1. The van der Waals surface area contributed by atoms with Crippen molar-refractivity contribution in [2.24, 2.45) is 0 Å². The van der Waals surface area contributed by atoms with E-state index in [0.717, 1.165) is 36.9 Å². The van der Waals surface area contributed by atoms with E-state index in [9.17, 15) is 4.79 Å². The zero-order valence-electron chi connectivity index (χ0n) is 17.0. The van der Waals surface area contributed by atoms with E-state index in [1.54, 1.807) is 0 Å². The molecule has 0 bridgehead atoms. The minimum Gasteiger partial charge on any atom is -0.492 e. The molecule has 7 heteroatoms. The van der Waals surface area contributed by atoms with E-state index in [0.29, 0.717) is 23.5 Å². The highest BCUT2D eigenvalue weighted by Gasteiger charge is 2.21. The smallest absolute Gasteiger partial charge is 0.197 e. The molecule has 1 N–H and O–H groups in total. The van der Waals surface area contributed by atoms with Crippen molar-refractivity contribution < 1.29 is 13.9 Å². The lowest BCUT2D eigenvalue weighted by Gasteiger charge is -2.10. The Bertz CT molecular complexity index is 931. The van der Waals surface area contributed by atoms with Crippen LogP contribution in [0.15, 0.2) is 40.8 Å². The van der Waals surface area contributed by atoms with E-state index < -0.39 is 0 Å². The molecule has 0 aliphatic rings. The van der Waals surface area contributed by atoms with E-state index in [1.165, 1.54) is 0 Å². The second-order valence-corrected chi connectivity index (χ2v) is 8.34. The van der Waals surface area contributed by atoms with Gasteiger partial charge in [0.05, 0.1) is 19.3 Å². The van der Waals surface area contributed by atoms with Crippen LogP contribution in [0.2, 0.25) is 0 Å². The monoisotopic (exact) mass is 641 g/mol. The summed E-state index contributed by atoms with van der Waals surface area (Å²) in [6.07, 6.45) is 0. The lowest BCUT2D eigenvalue weighted by molar-refractivity contribution is 0.103. The van der Waals surface area contributed by atoms with Crippen LogP contribution in [0.5, 0.6) is 5.75 Å². The molecule has 1 aromatic heterocycles. The molecule has 158 valence electrons. The van der Waals surface area contributed by atoms with Gasteiger partial charge in [-0.1, -0.05) is 32.0 Å². The Kier molecular flexibility index (Phi) is 11.5. The molecule has 1 heterocycles. The second-order valence-electron chi connectivity index (χ2n) is 6.02. The molecule has 0 saturated heterocycles. The van der Waals surface area contributed by atoms with Gasteiger partial charge in [-0.2, -0.15) is 0 Å². The molecule has 0 aliphatic heterocycles. The van der Waals surface area contributed by atoms with Crippen LogP contribution in [0.3, 0.4) is 0 Å². The number of carbonyl (C=O) groups is 1. The number of rotatable bonds is 6. The van der Waals surface area contributed by atoms with Gasteiger partial charge in [0.15, 0.2) is 5.78 Å². The molecule has 0 saturated carbocycles. The summed E-state index contributed by atoms with van der Waals surface area (Å²) < 4.78 is 13.2. The Morgan fingerprint density at radius 1 is 1.07 bits per heavy atom. The number of fused-ring (bicyclic) bond motifs is 1. The van der Waals surface area contributed by atoms with E-state index in [4.69, 9.17) is 9.15 Å². The predicted molar refractivity (Wildman–Crippen MR) is 139 cm³/mol.